The van der Waals surface area contributed by atoms with Gasteiger partial charge in [-0.3, -0.25) is 0 Å². The summed E-state index contributed by atoms with van der Waals surface area (Å²) in [4.78, 5) is 0. The van der Waals surface area contributed by atoms with Crippen LogP contribution in [0.25, 0.3) is 0 Å². The molecule has 0 saturated heterocycles. The molecule has 3 rings (SSSR count). The molecule has 2 heteroatoms. The van der Waals surface area contributed by atoms with Gasteiger partial charge >= 0.3 is 0 Å². The molecule has 2 nitrogen and oxygen atoms in total. The van der Waals surface area contributed by atoms with Crippen molar-refractivity contribution in [3.8, 4) is 11.5 Å². The predicted octanol–water partition coefficient (Wildman–Crippen LogP) is 3.73. The summed E-state index contributed by atoms with van der Waals surface area (Å²) in [7, 11) is 0. The van der Waals surface area contributed by atoms with E-state index in [1.165, 1.54) is 30.4 Å². The average molecular weight is 253 g/mol. The Morgan fingerprint density at radius 3 is 2.74 bits per heavy atom. The van der Waals surface area contributed by atoms with Gasteiger partial charge < -0.3 is 10.5 Å². The largest absolute Gasteiger partial charge is 0.457 e. The quantitative estimate of drug-likeness (QED) is 0.904. The second-order valence-corrected chi connectivity index (χ2v) is 5.19. The van der Waals surface area contributed by atoms with Crippen molar-refractivity contribution in [2.45, 2.75) is 32.7 Å². The van der Waals surface area contributed by atoms with E-state index in [4.69, 9.17) is 10.5 Å². The second-order valence-electron chi connectivity index (χ2n) is 5.19. The lowest BCUT2D eigenvalue weighted by Crippen LogP contribution is -1.97. The van der Waals surface area contributed by atoms with Gasteiger partial charge in [-0.15, -0.1) is 0 Å². The number of aryl methyl sites for hydroxylation is 3. The van der Waals surface area contributed by atoms with Crippen LogP contribution in [0.1, 0.15) is 28.7 Å². The first-order chi connectivity index (χ1) is 9.26. The summed E-state index contributed by atoms with van der Waals surface area (Å²) in [6, 6.07) is 12.6. The number of fused-ring (bicyclic) bond motifs is 1. The predicted molar refractivity (Wildman–Crippen MR) is 77.6 cm³/mol. The van der Waals surface area contributed by atoms with Crippen LogP contribution < -0.4 is 10.5 Å². The average Bonchev–Trinajstić information content (AvgIpc) is 2.89. The zero-order valence-corrected chi connectivity index (χ0v) is 11.3. The van der Waals surface area contributed by atoms with Crippen molar-refractivity contribution in [1.82, 2.24) is 0 Å². The Morgan fingerprint density at radius 2 is 1.89 bits per heavy atom. The molecular formula is C17H19NO. The molecule has 0 fully saturated rings. The van der Waals surface area contributed by atoms with Crippen LogP contribution in [-0.4, -0.2) is 0 Å². The van der Waals surface area contributed by atoms with Crippen LogP contribution in [0.5, 0.6) is 11.5 Å². The fraction of sp³-hybridized carbons (Fsp3) is 0.294. The van der Waals surface area contributed by atoms with Crippen molar-refractivity contribution in [3.05, 3.63) is 58.7 Å². The molecule has 0 bridgehead atoms. The van der Waals surface area contributed by atoms with E-state index in [0.29, 0.717) is 6.54 Å². The van der Waals surface area contributed by atoms with Crippen LogP contribution in [0, 0.1) is 6.92 Å². The van der Waals surface area contributed by atoms with Crippen molar-refractivity contribution in [2.24, 2.45) is 5.73 Å². The second kappa shape index (κ2) is 5.06. The van der Waals surface area contributed by atoms with Gasteiger partial charge in [0.1, 0.15) is 11.5 Å². The monoisotopic (exact) mass is 253 g/mol. The van der Waals surface area contributed by atoms with E-state index in [0.717, 1.165) is 22.6 Å². The summed E-state index contributed by atoms with van der Waals surface area (Å²) in [6.45, 7) is 2.60. The van der Waals surface area contributed by atoms with Gasteiger partial charge in [0.15, 0.2) is 0 Å². The standard InChI is InChI=1S/C17H19NO/c1-12-5-6-13(11-18)9-17(12)19-16-8-7-14-3-2-4-15(14)10-16/h5-10H,2-4,11,18H2,1H3. The van der Waals surface area contributed by atoms with Gasteiger partial charge in [0.25, 0.3) is 0 Å². The van der Waals surface area contributed by atoms with E-state index in [1.807, 2.05) is 12.1 Å². The van der Waals surface area contributed by atoms with Gasteiger partial charge in [-0.1, -0.05) is 18.2 Å². The number of nitrogens with two attached hydrogens (primary N) is 1. The first-order valence-electron chi connectivity index (χ1n) is 6.85. The van der Waals surface area contributed by atoms with Crippen LogP contribution in [0.3, 0.4) is 0 Å². The Labute approximate surface area is 114 Å². The Kier molecular flexibility index (Phi) is 3.26. The molecule has 19 heavy (non-hydrogen) atoms. The number of hydrogen-bond acceptors (Lipinski definition) is 2. The highest BCUT2D eigenvalue weighted by atomic mass is 16.5. The zero-order valence-electron chi connectivity index (χ0n) is 11.3. The molecule has 0 spiro atoms. The SMILES string of the molecule is Cc1ccc(CN)cc1Oc1ccc2c(c1)CCC2. The number of rotatable bonds is 3. The molecule has 0 aliphatic heterocycles. The lowest BCUT2D eigenvalue weighted by atomic mass is 10.1. The highest BCUT2D eigenvalue weighted by Gasteiger charge is 2.12. The fourth-order valence-electron chi connectivity index (χ4n) is 2.62. The minimum atomic E-state index is 0.542. The molecule has 98 valence electrons. The molecule has 0 amide bonds. The maximum absolute atomic E-state index is 6.02. The highest BCUT2D eigenvalue weighted by Crippen LogP contribution is 2.30. The van der Waals surface area contributed by atoms with Crippen LogP contribution in [0.4, 0.5) is 0 Å². The van der Waals surface area contributed by atoms with E-state index in [2.05, 4.69) is 31.2 Å². The van der Waals surface area contributed by atoms with Crippen molar-refractivity contribution >= 4 is 0 Å². The van der Waals surface area contributed by atoms with Gasteiger partial charge in [0.2, 0.25) is 0 Å². The van der Waals surface area contributed by atoms with Gasteiger partial charge in [-0.2, -0.15) is 0 Å². The third-order valence-electron chi connectivity index (χ3n) is 3.79. The van der Waals surface area contributed by atoms with Crippen LogP contribution in [0.15, 0.2) is 36.4 Å². The van der Waals surface area contributed by atoms with Crippen molar-refractivity contribution < 1.29 is 4.74 Å². The molecule has 0 unspecified atom stereocenters. The van der Waals surface area contributed by atoms with E-state index in [9.17, 15) is 0 Å². The van der Waals surface area contributed by atoms with E-state index < -0.39 is 0 Å². The molecule has 2 aromatic carbocycles. The molecule has 0 atom stereocenters. The molecule has 0 heterocycles. The first-order valence-corrected chi connectivity index (χ1v) is 6.85. The molecular weight excluding hydrogens is 234 g/mol. The third kappa shape index (κ3) is 2.49. The molecule has 2 aromatic rings. The minimum Gasteiger partial charge on any atom is -0.457 e. The summed E-state index contributed by atoms with van der Waals surface area (Å²) in [6.07, 6.45) is 3.64. The topological polar surface area (TPSA) is 35.2 Å². The molecule has 0 aromatic heterocycles. The number of benzene rings is 2. The van der Waals surface area contributed by atoms with Gasteiger partial charge in [-0.05, 0) is 66.6 Å². The lowest BCUT2D eigenvalue weighted by Gasteiger charge is -2.11. The highest BCUT2D eigenvalue weighted by molar-refractivity contribution is 5.43. The van der Waals surface area contributed by atoms with Crippen molar-refractivity contribution in [1.29, 1.82) is 0 Å². The summed E-state index contributed by atoms with van der Waals surface area (Å²) >= 11 is 0. The van der Waals surface area contributed by atoms with Crippen LogP contribution in [-0.2, 0) is 19.4 Å². The Balaban J connectivity index is 1.88. The van der Waals surface area contributed by atoms with Gasteiger partial charge in [0.05, 0.1) is 0 Å². The van der Waals surface area contributed by atoms with Crippen LogP contribution in [0.2, 0.25) is 0 Å². The Morgan fingerprint density at radius 1 is 1.05 bits per heavy atom. The minimum absolute atomic E-state index is 0.542. The smallest absolute Gasteiger partial charge is 0.130 e. The van der Waals surface area contributed by atoms with E-state index >= 15 is 0 Å². The van der Waals surface area contributed by atoms with Crippen molar-refractivity contribution in [3.63, 3.8) is 0 Å². The van der Waals surface area contributed by atoms with Crippen LogP contribution >= 0.6 is 0 Å². The Hall–Kier alpha value is -1.80. The van der Waals surface area contributed by atoms with E-state index in [-0.39, 0.29) is 0 Å². The van der Waals surface area contributed by atoms with E-state index in [1.54, 1.807) is 0 Å². The molecule has 0 radical (unpaired) electrons. The molecule has 1 aliphatic carbocycles. The molecule has 1 aliphatic rings. The summed E-state index contributed by atoms with van der Waals surface area (Å²) in [5.74, 6) is 1.83. The first kappa shape index (κ1) is 12.2. The number of hydrogen-bond donors (Lipinski definition) is 1. The van der Waals surface area contributed by atoms with Crippen molar-refractivity contribution in [2.75, 3.05) is 0 Å². The Bertz CT molecular complexity index is 604. The third-order valence-corrected chi connectivity index (χ3v) is 3.79. The van der Waals surface area contributed by atoms with Gasteiger partial charge in [-0.25, -0.2) is 0 Å². The lowest BCUT2D eigenvalue weighted by molar-refractivity contribution is 0.477. The molecule has 0 saturated carbocycles. The normalized spacial score (nSPS) is 13.4. The maximum Gasteiger partial charge on any atom is 0.130 e. The summed E-state index contributed by atoms with van der Waals surface area (Å²) in [5.41, 5.74) is 10.8. The molecule has 2 N–H and O–H groups in total. The maximum atomic E-state index is 6.02. The zero-order chi connectivity index (χ0) is 13.2. The summed E-state index contributed by atoms with van der Waals surface area (Å²) < 4.78 is 6.02. The van der Waals surface area contributed by atoms with Gasteiger partial charge in [0, 0.05) is 6.54 Å². The summed E-state index contributed by atoms with van der Waals surface area (Å²) in [5, 5.41) is 0. The fourth-order valence-corrected chi connectivity index (χ4v) is 2.62. The number of ether oxygens (including phenoxy) is 1.